The molecule has 6 heteroatoms. The van der Waals surface area contributed by atoms with Crippen LogP contribution in [0.1, 0.15) is 11.3 Å². The van der Waals surface area contributed by atoms with E-state index in [1.54, 1.807) is 12.3 Å². The van der Waals surface area contributed by atoms with Gasteiger partial charge in [-0.3, -0.25) is 16.3 Å². The van der Waals surface area contributed by atoms with Crippen molar-refractivity contribution < 1.29 is 8.78 Å². The van der Waals surface area contributed by atoms with Gasteiger partial charge in [-0.05, 0) is 46.1 Å². The molecule has 1 aromatic heterocycles. The van der Waals surface area contributed by atoms with Crippen molar-refractivity contribution in [1.29, 1.82) is 0 Å². The van der Waals surface area contributed by atoms with E-state index >= 15 is 0 Å². The smallest absolute Gasteiger partial charge is 0.162 e. The van der Waals surface area contributed by atoms with Crippen LogP contribution in [0.2, 0.25) is 0 Å². The maximum Gasteiger partial charge on any atom is 0.162 e. The van der Waals surface area contributed by atoms with E-state index in [0.29, 0.717) is 12.0 Å². The first-order chi connectivity index (χ1) is 9.60. The first kappa shape index (κ1) is 15.0. The zero-order valence-electron chi connectivity index (χ0n) is 10.6. The molecule has 0 spiro atoms. The molecule has 1 aromatic carbocycles. The van der Waals surface area contributed by atoms with Crippen molar-refractivity contribution >= 4 is 15.9 Å². The van der Waals surface area contributed by atoms with Crippen LogP contribution in [-0.4, -0.2) is 11.0 Å². The highest BCUT2D eigenvalue weighted by Gasteiger charge is 2.14. The van der Waals surface area contributed by atoms with Crippen LogP contribution in [0.3, 0.4) is 0 Å². The van der Waals surface area contributed by atoms with Crippen LogP contribution in [0, 0.1) is 11.6 Å². The fourth-order valence-corrected chi connectivity index (χ4v) is 2.18. The van der Waals surface area contributed by atoms with Crippen molar-refractivity contribution in [2.45, 2.75) is 18.9 Å². The van der Waals surface area contributed by atoms with Crippen molar-refractivity contribution in [3.05, 3.63) is 63.9 Å². The second-order valence-electron chi connectivity index (χ2n) is 4.45. The van der Waals surface area contributed by atoms with E-state index in [-0.39, 0.29) is 12.5 Å². The summed E-state index contributed by atoms with van der Waals surface area (Å²) in [6, 6.07) is 7.64. The normalized spacial score (nSPS) is 12.4. The lowest BCUT2D eigenvalue weighted by atomic mass is 10.0. The Morgan fingerprint density at radius 3 is 2.65 bits per heavy atom. The molecule has 0 radical (unpaired) electrons. The van der Waals surface area contributed by atoms with Crippen molar-refractivity contribution in [3.8, 4) is 0 Å². The monoisotopic (exact) mass is 341 g/mol. The Bertz CT molecular complexity index is 575. The lowest BCUT2D eigenvalue weighted by molar-refractivity contribution is 0.472. The molecule has 0 aliphatic rings. The molecular formula is C14H14BrF2N3. The van der Waals surface area contributed by atoms with Gasteiger partial charge in [-0.25, -0.2) is 8.78 Å². The van der Waals surface area contributed by atoms with E-state index in [1.807, 2.05) is 12.1 Å². The SMILES string of the molecule is NNC(Cc1ccc(Br)cn1)Cc1cccc(F)c1F. The minimum atomic E-state index is -0.847. The predicted octanol–water partition coefficient (Wildman–Crippen LogP) is 2.74. The molecule has 0 amide bonds. The Morgan fingerprint density at radius 2 is 2.00 bits per heavy atom. The minimum absolute atomic E-state index is 0.222. The van der Waals surface area contributed by atoms with Gasteiger partial charge in [0.15, 0.2) is 11.6 Å². The third-order valence-corrected chi connectivity index (χ3v) is 3.45. The topological polar surface area (TPSA) is 50.9 Å². The lowest BCUT2D eigenvalue weighted by Gasteiger charge is -2.16. The number of benzene rings is 1. The standard InChI is InChI=1S/C14H14BrF2N3/c15-10-4-5-11(19-8-10)7-12(20-18)6-9-2-1-3-13(16)14(9)17/h1-5,8,12,20H,6-7,18H2. The van der Waals surface area contributed by atoms with Gasteiger partial charge < -0.3 is 0 Å². The van der Waals surface area contributed by atoms with Crippen LogP contribution < -0.4 is 11.3 Å². The van der Waals surface area contributed by atoms with Crippen molar-refractivity contribution in [2.75, 3.05) is 0 Å². The summed E-state index contributed by atoms with van der Waals surface area (Å²) >= 11 is 3.31. The molecule has 3 nitrogen and oxygen atoms in total. The average Bonchev–Trinajstić information content (AvgIpc) is 2.45. The fourth-order valence-electron chi connectivity index (χ4n) is 1.94. The van der Waals surface area contributed by atoms with Crippen molar-refractivity contribution in [2.24, 2.45) is 5.84 Å². The van der Waals surface area contributed by atoms with E-state index in [1.165, 1.54) is 6.07 Å². The number of rotatable bonds is 5. The third kappa shape index (κ3) is 3.82. The molecule has 1 heterocycles. The molecule has 1 unspecified atom stereocenters. The molecule has 20 heavy (non-hydrogen) atoms. The number of hydrazine groups is 1. The summed E-state index contributed by atoms with van der Waals surface area (Å²) in [5.74, 6) is 3.81. The van der Waals surface area contributed by atoms with Crippen LogP contribution in [0.4, 0.5) is 8.78 Å². The van der Waals surface area contributed by atoms with Gasteiger partial charge >= 0.3 is 0 Å². The Kier molecular flexibility index (Phi) is 5.17. The zero-order chi connectivity index (χ0) is 14.5. The second kappa shape index (κ2) is 6.88. The summed E-state index contributed by atoms with van der Waals surface area (Å²) < 4.78 is 27.7. The van der Waals surface area contributed by atoms with E-state index in [4.69, 9.17) is 5.84 Å². The summed E-state index contributed by atoms with van der Waals surface area (Å²) in [5, 5.41) is 0. The van der Waals surface area contributed by atoms with Crippen LogP contribution in [0.5, 0.6) is 0 Å². The molecule has 0 bridgehead atoms. The van der Waals surface area contributed by atoms with Gasteiger partial charge in [0, 0.05) is 28.8 Å². The molecule has 0 aliphatic carbocycles. The first-order valence-corrected chi connectivity index (χ1v) is 6.89. The highest BCUT2D eigenvalue weighted by atomic mass is 79.9. The quantitative estimate of drug-likeness (QED) is 0.649. The first-order valence-electron chi connectivity index (χ1n) is 6.09. The van der Waals surface area contributed by atoms with Crippen LogP contribution in [0.25, 0.3) is 0 Å². The van der Waals surface area contributed by atoms with Gasteiger partial charge in [-0.2, -0.15) is 0 Å². The molecule has 3 N–H and O–H groups in total. The van der Waals surface area contributed by atoms with Crippen LogP contribution in [0.15, 0.2) is 41.0 Å². The predicted molar refractivity (Wildman–Crippen MR) is 76.8 cm³/mol. The van der Waals surface area contributed by atoms with Gasteiger partial charge in [0.05, 0.1) is 0 Å². The highest BCUT2D eigenvalue weighted by Crippen LogP contribution is 2.15. The summed E-state index contributed by atoms with van der Waals surface area (Å²) in [6.45, 7) is 0. The molecule has 0 aliphatic heterocycles. The Hall–Kier alpha value is -1.37. The molecule has 0 fully saturated rings. The summed E-state index contributed by atoms with van der Waals surface area (Å²) in [6.07, 6.45) is 2.50. The second-order valence-corrected chi connectivity index (χ2v) is 5.37. The number of nitrogens with one attached hydrogen (secondary N) is 1. The Balaban J connectivity index is 2.09. The molecule has 0 saturated carbocycles. The number of nitrogens with two attached hydrogens (primary N) is 1. The van der Waals surface area contributed by atoms with Gasteiger partial charge in [-0.1, -0.05) is 12.1 Å². The maximum atomic E-state index is 13.6. The summed E-state index contributed by atoms with van der Waals surface area (Å²) in [5.41, 5.74) is 3.74. The van der Waals surface area contributed by atoms with Gasteiger partial charge in [0.1, 0.15) is 0 Å². The lowest BCUT2D eigenvalue weighted by Crippen LogP contribution is -2.38. The molecule has 2 aromatic rings. The van der Waals surface area contributed by atoms with Crippen LogP contribution >= 0.6 is 15.9 Å². The molecule has 0 saturated heterocycles. The minimum Gasteiger partial charge on any atom is -0.271 e. The summed E-state index contributed by atoms with van der Waals surface area (Å²) in [4.78, 5) is 4.24. The van der Waals surface area contributed by atoms with Crippen LogP contribution in [-0.2, 0) is 12.8 Å². The molecule has 1 atom stereocenters. The number of hydrogen-bond donors (Lipinski definition) is 2. The van der Waals surface area contributed by atoms with Gasteiger partial charge in [-0.15, -0.1) is 0 Å². The fraction of sp³-hybridized carbons (Fsp3) is 0.214. The van der Waals surface area contributed by atoms with Gasteiger partial charge in [0.25, 0.3) is 0 Å². The molecule has 2 rings (SSSR count). The highest BCUT2D eigenvalue weighted by molar-refractivity contribution is 9.10. The van der Waals surface area contributed by atoms with Crippen molar-refractivity contribution in [3.63, 3.8) is 0 Å². The summed E-state index contributed by atoms with van der Waals surface area (Å²) in [7, 11) is 0. The number of hydrogen-bond acceptors (Lipinski definition) is 3. The maximum absolute atomic E-state index is 13.6. The number of nitrogens with zero attached hydrogens (tertiary/aromatic N) is 1. The van der Waals surface area contributed by atoms with E-state index in [0.717, 1.165) is 16.2 Å². The van der Waals surface area contributed by atoms with Gasteiger partial charge in [0.2, 0.25) is 0 Å². The largest absolute Gasteiger partial charge is 0.271 e. The number of aromatic nitrogens is 1. The van der Waals surface area contributed by atoms with E-state index in [9.17, 15) is 8.78 Å². The number of pyridine rings is 1. The molecule has 106 valence electrons. The third-order valence-electron chi connectivity index (χ3n) is 2.98. The molecular weight excluding hydrogens is 328 g/mol. The average molecular weight is 342 g/mol. The Morgan fingerprint density at radius 1 is 1.20 bits per heavy atom. The van der Waals surface area contributed by atoms with E-state index in [2.05, 4.69) is 26.3 Å². The number of halogens is 3. The zero-order valence-corrected chi connectivity index (χ0v) is 12.2. The Labute approximate surface area is 124 Å². The van der Waals surface area contributed by atoms with Crippen molar-refractivity contribution in [1.82, 2.24) is 10.4 Å². The van der Waals surface area contributed by atoms with E-state index < -0.39 is 11.6 Å².